The van der Waals surface area contributed by atoms with E-state index in [2.05, 4.69) is 22.1 Å². The maximum absolute atomic E-state index is 12.5. The van der Waals surface area contributed by atoms with E-state index in [4.69, 9.17) is 0 Å². The lowest BCUT2D eigenvalue weighted by Gasteiger charge is -2.26. The van der Waals surface area contributed by atoms with Gasteiger partial charge >= 0.3 is 0 Å². The van der Waals surface area contributed by atoms with E-state index < -0.39 is 0 Å². The van der Waals surface area contributed by atoms with Gasteiger partial charge in [0.25, 0.3) is 5.91 Å². The number of hydrogen-bond donors (Lipinski definition) is 1. The molecule has 1 aliphatic heterocycles. The smallest absolute Gasteiger partial charge is 0.252 e. The van der Waals surface area contributed by atoms with E-state index in [1.54, 1.807) is 0 Å². The summed E-state index contributed by atoms with van der Waals surface area (Å²) in [7, 11) is 0. The first-order valence-corrected chi connectivity index (χ1v) is 8.99. The predicted octanol–water partition coefficient (Wildman–Crippen LogP) is 3.30. The number of amides is 1. The SMILES string of the molecule is O=C(NCCN1CCCCC1)c1ccccc1C#Cc1ccccc1. The fourth-order valence-corrected chi connectivity index (χ4v) is 3.06. The number of likely N-dealkylation sites (tertiary alicyclic amines) is 1. The van der Waals surface area contributed by atoms with E-state index in [0.29, 0.717) is 12.1 Å². The summed E-state index contributed by atoms with van der Waals surface area (Å²) < 4.78 is 0. The summed E-state index contributed by atoms with van der Waals surface area (Å²) in [5.74, 6) is 6.21. The lowest BCUT2D eigenvalue weighted by Crippen LogP contribution is -2.37. The highest BCUT2D eigenvalue weighted by molar-refractivity contribution is 5.96. The molecule has 1 heterocycles. The van der Waals surface area contributed by atoms with Crippen molar-refractivity contribution in [2.24, 2.45) is 0 Å². The number of carbonyl (C=O) groups is 1. The van der Waals surface area contributed by atoms with Gasteiger partial charge in [-0.15, -0.1) is 0 Å². The Bertz CT molecular complexity index is 752. The summed E-state index contributed by atoms with van der Waals surface area (Å²) in [5.41, 5.74) is 2.36. The van der Waals surface area contributed by atoms with Crippen molar-refractivity contribution >= 4 is 5.91 Å². The van der Waals surface area contributed by atoms with E-state index >= 15 is 0 Å². The maximum atomic E-state index is 12.5. The Morgan fingerprint density at radius 2 is 1.64 bits per heavy atom. The normalized spacial score (nSPS) is 14.4. The van der Waals surface area contributed by atoms with Crippen molar-refractivity contribution in [3.8, 4) is 11.8 Å². The minimum absolute atomic E-state index is 0.0463. The zero-order valence-corrected chi connectivity index (χ0v) is 14.5. The van der Waals surface area contributed by atoms with Crippen molar-refractivity contribution in [3.05, 3.63) is 71.3 Å². The Kier molecular flexibility index (Phi) is 6.25. The molecule has 0 radical (unpaired) electrons. The van der Waals surface area contributed by atoms with Crippen molar-refractivity contribution in [1.29, 1.82) is 0 Å². The largest absolute Gasteiger partial charge is 0.351 e. The number of nitrogens with zero attached hydrogens (tertiary/aromatic N) is 1. The molecule has 1 amide bonds. The number of hydrogen-bond acceptors (Lipinski definition) is 2. The Hall–Kier alpha value is -2.57. The molecule has 1 aliphatic rings. The summed E-state index contributed by atoms with van der Waals surface area (Å²) >= 11 is 0. The third kappa shape index (κ3) is 5.20. The molecule has 1 N–H and O–H groups in total. The lowest BCUT2D eigenvalue weighted by molar-refractivity contribution is 0.0946. The van der Waals surface area contributed by atoms with Crippen LogP contribution in [-0.4, -0.2) is 37.0 Å². The van der Waals surface area contributed by atoms with Gasteiger partial charge in [0.2, 0.25) is 0 Å². The highest BCUT2D eigenvalue weighted by Gasteiger charge is 2.12. The minimum Gasteiger partial charge on any atom is -0.351 e. The van der Waals surface area contributed by atoms with E-state index in [9.17, 15) is 4.79 Å². The molecular weight excluding hydrogens is 308 g/mol. The van der Waals surface area contributed by atoms with Crippen LogP contribution in [0.25, 0.3) is 0 Å². The fraction of sp³-hybridized carbons (Fsp3) is 0.318. The van der Waals surface area contributed by atoms with Gasteiger partial charge in [-0.05, 0) is 50.2 Å². The van der Waals surface area contributed by atoms with Gasteiger partial charge in [0.05, 0.1) is 5.56 Å². The van der Waals surface area contributed by atoms with Crippen molar-refractivity contribution in [3.63, 3.8) is 0 Å². The molecule has 0 unspecified atom stereocenters. The summed E-state index contributed by atoms with van der Waals surface area (Å²) in [5, 5.41) is 3.04. The highest BCUT2D eigenvalue weighted by Crippen LogP contribution is 2.09. The molecule has 1 saturated heterocycles. The van der Waals surface area contributed by atoms with Gasteiger partial charge < -0.3 is 10.2 Å². The van der Waals surface area contributed by atoms with Gasteiger partial charge in [0.1, 0.15) is 0 Å². The van der Waals surface area contributed by atoms with Gasteiger partial charge in [-0.1, -0.05) is 48.6 Å². The van der Waals surface area contributed by atoms with Crippen LogP contribution in [-0.2, 0) is 0 Å². The number of nitrogens with one attached hydrogen (secondary N) is 1. The second-order valence-electron chi connectivity index (χ2n) is 6.32. The molecule has 3 rings (SSSR count). The summed E-state index contributed by atoms with van der Waals surface area (Å²) in [6.07, 6.45) is 3.87. The van der Waals surface area contributed by atoms with E-state index in [1.165, 1.54) is 19.3 Å². The van der Waals surface area contributed by atoms with Crippen molar-refractivity contribution in [2.45, 2.75) is 19.3 Å². The Morgan fingerprint density at radius 1 is 0.920 bits per heavy atom. The van der Waals surface area contributed by atoms with Crippen LogP contribution in [0.2, 0.25) is 0 Å². The molecule has 3 nitrogen and oxygen atoms in total. The Balaban J connectivity index is 1.61. The Morgan fingerprint density at radius 3 is 2.44 bits per heavy atom. The van der Waals surface area contributed by atoms with Crippen LogP contribution in [0.5, 0.6) is 0 Å². The van der Waals surface area contributed by atoms with Crippen LogP contribution < -0.4 is 5.32 Å². The highest BCUT2D eigenvalue weighted by atomic mass is 16.1. The molecule has 2 aromatic carbocycles. The standard InChI is InChI=1S/C22H24N2O/c25-22(23-15-18-24-16-7-2-8-17-24)21-12-6-5-11-20(21)14-13-19-9-3-1-4-10-19/h1,3-6,9-12H,2,7-8,15-18H2,(H,23,25). The first kappa shape index (κ1) is 17.3. The monoisotopic (exact) mass is 332 g/mol. The van der Waals surface area contributed by atoms with Crippen LogP contribution in [0.1, 0.15) is 40.7 Å². The topological polar surface area (TPSA) is 32.3 Å². The first-order chi connectivity index (χ1) is 12.3. The third-order valence-electron chi connectivity index (χ3n) is 4.45. The summed E-state index contributed by atoms with van der Waals surface area (Å²) in [4.78, 5) is 14.9. The molecule has 3 heteroatoms. The number of rotatable bonds is 4. The minimum atomic E-state index is -0.0463. The molecule has 0 bridgehead atoms. The predicted molar refractivity (Wildman–Crippen MR) is 101 cm³/mol. The van der Waals surface area contributed by atoms with Crippen molar-refractivity contribution < 1.29 is 4.79 Å². The fourth-order valence-electron chi connectivity index (χ4n) is 3.06. The number of benzene rings is 2. The van der Waals surface area contributed by atoms with E-state index in [1.807, 2.05) is 54.6 Å². The average molecular weight is 332 g/mol. The third-order valence-corrected chi connectivity index (χ3v) is 4.45. The molecule has 0 spiro atoms. The first-order valence-electron chi connectivity index (χ1n) is 8.99. The van der Waals surface area contributed by atoms with E-state index in [0.717, 1.165) is 30.8 Å². The second-order valence-corrected chi connectivity index (χ2v) is 6.32. The molecule has 1 fully saturated rings. The molecule has 0 aromatic heterocycles. The van der Waals surface area contributed by atoms with Gasteiger partial charge in [-0.2, -0.15) is 0 Å². The van der Waals surface area contributed by atoms with Gasteiger partial charge in [-0.25, -0.2) is 0 Å². The molecule has 128 valence electrons. The summed E-state index contributed by atoms with van der Waals surface area (Å²) in [6.45, 7) is 3.90. The van der Waals surface area contributed by atoms with Crippen molar-refractivity contribution in [2.75, 3.05) is 26.2 Å². The van der Waals surface area contributed by atoms with Crippen LogP contribution in [0, 0.1) is 11.8 Å². The van der Waals surface area contributed by atoms with E-state index in [-0.39, 0.29) is 5.91 Å². The lowest BCUT2D eigenvalue weighted by atomic mass is 10.1. The quantitative estimate of drug-likeness (QED) is 0.871. The van der Waals surface area contributed by atoms with Gasteiger partial charge in [0.15, 0.2) is 0 Å². The molecule has 0 atom stereocenters. The van der Waals surface area contributed by atoms with Gasteiger partial charge in [0, 0.05) is 24.2 Å². The second kappa shape index (κ2) is 9.05. The van der Waals surface area contributed by atoms with Crippen LogP contribution in [0.15, 0.2) is 54.6 Å². The zero-order chi connectivity index (χ0) is 17.3. The summed E-state index contributed by atoms with van der Waals surface area (Å²) in [6, 6.07) is 17.4. The molecular formula is C22H24N2O. The van der Waals surface area contributed by atoms with Gasteiger partial charge in [-0.3, -0.25) is 4.79 Å². The average Bonchev–Trinajstić information content (AvgIpc) is 2.68. The molecule has 25 heavy (non-hydrogen) atoms. The number of carbonyl (C=O) groups excluding carboxylic acids is 1. The molecule has 2 aromatic rings. The molecule has 0 saturated carbocycles. The number of piperidine rings is 1. The zero-order valence-electron chi connectivity index (χ0n) is 14.5. The van der Waals surface area contributed by atoms with Crippen LogP contribution in [0.4, 0.5) is 0 Å². The Labute approximate surface area is 150 Å². The molecule has 0 aliphatic carbocycles. The van der Waals surface area contributed by atoms with Crippen molar-refractivity contribution in [1.82, 2.24) is 10.2 Å². The van der Waals surface area contributed by atoms with Crippen LogP contribution >= 0.6 is 0 Å². The maximum Gasteiger partial charge on any atom is 0.252 e. The van der Waals surface area contributed by atoms with Crippen LogP contribution in [0.3, 0.4) is 0 Å².